The van der Waals surface area contributed by atoms with Gasteiger partial charge in [-0.15, -0.1) is 0 Å². The minimum absolute atomic E-state index is 0.194. The van der Waals surface area contributed by atoms with Crippen LogP contribution in [-0.2, 0) is 6.42 Å². The van der Waals surface area contributed by atoms with Crippen LogP contribution in [0, 0.1) is 12.7 Å². The maximum absolute atomic E-state index is 13.7. The summed E-state index contributed by atoms with van der Waals surface area (Å²) in [5, 5.41) is 0. The summed E-state index contributed by atoms with van der Waals surface area (Å²) in [6.07, 6.45) is 2.20. The maximum atomic E-state index is 13.7. The largest absolute Gasteiger partial charge is 0.271 e. The van der Waals surface area contributed by atoms with Gasteiger partial charge in [0.25, 0.3) is 0 Å². The molecule has 0 aliphatic carbocycles. The van der Waals surface area contributed by atoms with Crippen LogP contribution in [0.15, 0.2) is 42.5 Å². The zero-order chi connectivity index (χ0) is 14.5. The van der Waals surface area contributed by atoms with Gasteiger partial charge in [-0.25, -0.2) is 9.82 Å². The monoisotopic (exact) mass is 272 g/mol. The summed E-state index contributed by atoms with van der Waals surface area (Å²) in [4.78, 5) is 0. The predicted molar refractivity (Wildman–Crippen MR) is 80.7 cm³/mol. The Labute approximate surface area is 119 Å². The zero-order valence-corrected chi connectivity index (χ0v) is 12.0. The summed E-state index contributed by atoms with van der Waals surface area (Å²) >= 11 is 0. The van der Waals surface area contributed by atoms with Gasteiger partial charge in [-0.1, -0.05) is 49.7 Å². The van der Waals surface area contributed by atoms with Gasteiger partial charge in [0.2, 0.25) is 0 Å². The molecule has 2 nitrogen and oxygen atoms in total. The lowest BCUT2D eigenvalue weighted by Gasteiger charge is -2.18. The fourth-order valence-corrected chi connectivity index (χ4v) is 2.34. The summed E-state index contributed by atoms with van der Waals surface area (Å²) in [5.74, 6) is 5.45. The molecule has 2 aromatic carbocycles. The highest BCUT2D eigenvalue weighted by atomic mass is 19.1. The molecule has 0 aromatic heterocycles. The number of hydrogen-bond acceptors (Lipinski definition) is 2. The van der Waals surface area contributed by atoms with Gasteiger partial charge in [0.05, 0.1) is 6.04 Å². The van der Waals surface area contributed by atoms with E-state index in [2.05, 4.69) is 24.5 Å². The van der Waals surface area contributed by atoms with E-state index in [0.717, 1.165) is 24.0 Å². The van der Waals surface area contributed by atoms with E-state index >= 15 is 0 Å². The molecule has 0 fully saturated rings. The van der Waals surface area contributed by atoms with Crippen molar-refractivity contribution in [2.24, 2.45) is 5.84 Å². The Morgan fingerprint density at radius 3 is 2.30 bits per heavy atom. The Bertz CT molecular complexity index is 564. The van der Waals surface area contributed by atoms with Crippen molar-refractivity contribution in [2.45, 2.75) is 32.7 Å². The Morgan fingerprint density at radius 1 is 1.10 bits per heavy atom. The maximum Gasteiger partial charge on any atom is 0.126 e. The van der Waals surface area contributed by atoms with Gasteiger partial charge in [0.1, 0.15) is 5.82 Å². The Balaban J connectivity index is 2.29. The lowest BCUT2D eigenvalue weighted by Crippen LogP contribution is -2.28. The van der Waals surface area contributed by atoms with Crippen molar-refractivity contribution in [3.05, 3.63) is 70.5 Å². The van der Waals surface area contributed by atoms with Crippen LogP contribution in [0.4, 0.5) is 4.39 Å². The number of hydrogen-bond donors (Lipinski definition) is 2. The molecule has 1 atom stereocenters. The van der Waals surface area contributed by atoms with Crippen LogP contribution in [0.5, 0.6) is 0 Å². The number of hydrazine groups is 1. The fourth-order valence-electron chi connectivity index (χ4n) is 2.34. The first-order chi connectivity index (χ1) is 9.65. The van der Waals surface area contributed by atoms with Crippen molar-refractivity contribution in [3.8, 4) is 0 Å². The molecule has 20 heavy (non-hydrogen) atoms. The van der Waals surface area contributed by atoms with E-state index in [1.807, 2.05) is 18.2 Å². The lowest BCUT2D eigenvalue weighted by molar-refractivity contribution is 0.599. The minimum atomic E-state index is -0.203. The number of nitrogens with two attached hydrogens (primary N) is 1. The molecular weight excluding hydrogens is 251 g/mol. The summed E-state index contributed by atoms with van der Waals surface area (Å²) < 4.78 is 13.7. The summed E-state index contributed by atoms with van der Waals surface area (Å²) in [5.41, 5.74) is 6.58. The Hall–Kier alpha value is -1.71. The molecule has 0 saturated heterocycles. The van der Waals surface area contributed by atoms with E-state index in [1.54, 1.807) is 19.1 Å². The van der Waals surface area contributed by atoms with Gasteiger partial charge < -0.3 is 0 Å². The molecule has 3 N–H and O–H groups in total. The van der Waals surface area contributed by atoms with Crippen molar-refractivity contribution >= 4 is 0 Å². The smallest absolute Gasteiger partial charge is 0.126 e. The predicted octanol–water partition coefficient (Wildman–Crippen LogP) is 3.64. The first-order valence-corrected chi connectivity index (χ1v) is 6.96. The van der Waals surface area contributed by atoms with Crippen LogP contribution in [-0.4, -0.2) is 0 Å². The number of benzene rings is 2. The summed E-state index contributed by atoms with van der Waals surface area (Å²) in [7, 11) is 0. The highest BCUT2D eigenvalue weighted by Crippen LogP contribution is 2.23. The molecular formula is C17H21FN2. The van der Waals surface area contributed by atoms with Crippen LogP contribution in [0.2, 0.25) is 0 Å². The quantitative estimate of drug-likeness (QED) is 0.644. The zero-order valence-electron chi connectivity index (χ0n) is 12.0. The normalized spacial score (nSPS) is 12.4. The first kappa shape index (κ1) is 14.7. The van der Waals surface area contributed by atoms with Crippen molar-refractivity contribution in [3.63, 3.8) is 0 Å². The van der Waals surface area contributed by atoms with Crippen LogP contribution in [0.25, 0.3) is 0 Å². The van der Waals surface area contributed by atoms with E-state index in [9.17, 15) is 4.39 Å². The molecule has 106 valence electrons. The second kappa shape index (κ2) is 6.64. The van der Waals surface area contributed by atoms with Gasteiger partial charge >= 0.3 is 0 Å². The highest BCUT2D eigenvalue weighted by molar-refractivity contribution is 5.35. The van der Waals surface area contributed by atoms with Gasteiger partial charge in [-0.05, 0) is 41.7 Å². The third-order valence-corrected chi connectivity index (χ3v) is 3.55. The molecule has 1 unspecified atom stereocenters. The standard InChI is InChI=1S/C17H21FN2/c1-3-4-13-6-9-14(10-7-13)17(20-19)15-8-5-12(2)16(18)11-15/h5-11,17,20H,3-4,19H2,1-2H3. The summed E-state index contributed by atoms with van der Waals surface area (Å²) in [6.45, 7) is 3.91. The van der Waals surface area contributed by atoms with E-state index in [0.29, 0.717) is 5.56 Å². The Morgan fingerprint density at radius 2 is 1.75 bits per heavy atom. The summed E-state index contributed by atoms with van der Waals surface area (Å²) in [6, 6.07) is 13.3. The average molecular weight is 272 g/mol. The van der Waals surface area contributed by atoms with Gasteiger partial charge in [0.15, 0.2) is 0 Å². The van der Waals surface area contributed by atoms with Crippen LogP contribution in [0.1, 0.15) is 41.6 Å². The van der Waals surface area contributed by atoms with Crippen LogP contribution >= 0.6 is 0 Å². The number of aryl methyl sites for hydroxylation is 2. The average Bonchev–Trinajstić information content (AvgIpc) is 2.46. The van der Waals surface area contributed by atoms with E-state index in [4.69, 9.17) is 5.84 Å². The van der Waals surface area contributed by atoms with Crippen LogP contribution < -0.4 is 11.3 Å². The Kier molecular flexibility index (Phi) is 4.88. The van der Waals surface area contributed by atoms with Crippen molar-refractivity contribution < 1.29 is 4.39 Å². The van der Waals surface area contributed by atoms with E-state index in [1.165, 1.54) is 5.56 Å². The molecule has 0 aliphatic rings. The fraction of sp³-hybridized carbons (Fsp3) is 0.294. The number of rotatable bonds is 5. The lowest BCUT2D eigenvalue weighted by atomic mass is 9.96. The topological polar surface area (TPSA) is 38.0 Å². The third-order valence-electron chi connectivity index (χ3n) is 3.55. The molecule has 0 saturated carbocycles. The molecule has 3 heteroatoms. The first-order valence-electron chi connectivity index (χ1n) is 6.96. The van der Waals surface area contributed by atoms with Gasteiger partial charge in [0, 0.05) is 0 Å². The molecule has 2 rings (SSSR count). The third kappa shape index (κ3) is 3.24. The van der Waals surface area contributed by atoms with Gasteiger partial charge in [-0.2, -0.15) is 0 Å². The molecule has 0 amide bonds. The van der Waals surface area contributed by atoms with Gasteiger partial charge in [-0.3, -0.25) is 5.84 Å². The number of nitrogens with one attached hydrogen (secondary N) is 1. The van der Waals surface area contributed by atoms with E-state index < -0.39 is 0 Å². The number of halogens is 1. The highest BCUT2D eigenvalue weighted by Gasteiger charge is 2.13. The van der Waals surface area contributed by atoms with Crippen molar-refractivity contribution in [2.75, 3.05) is 0 Å². The molecule has 0 heterocycles. The van der Waals surface area contributed by atoms with Crippen molar-refractivity contribution in [1.29, 1.82) is 0 Å². The van der Waals surface area contributed by atoms with Crippen molar-refractivity contribution in [1.82, 2.24) is 5.43 Å². The second-order valence-corrected chi connectivity index (χ2v) is 5.10. The SMILES string of the molecule is CCCc1ccc(C(NN)c2ccc(C)c(F)c2)cc1. The van der Waals surface area contributed by atoms with Crippen LogP contribution in [0.3, 0.4) is 0 Å². The molecule has 0 bridgehead atoms. The molecule has 2 aromatic rings. The molecule has 0 radical (unpaired) electrons. The second-order valence-electron chi connectivity index (χ2n) is 5.10. The molecule has 0 spiro atoms. The minimum Gasteiger partial charge on any atom is -0.271 e. The molecule has 0 aliphatic heterocycles. The van der Waals surface area contributed by atoms with E-state index in [-0.39, 0.29) is 11.9 Å².